The van der Waals surface area contributed by atoms with Crippen molar-refractivity contribution in [3.8, 4) is 5.88 Å². The molecular weight excluding hydrogens is 200 g/mol. The van der Waals surface area contributed by atoms with E-state index in [0.29, 0.717) is 0 Å². The molecule has 1 heterocycles. The van der Waals surface area contributed by atoms with E-state index in [4.69, 9.17) is 4.74 Å². The predicted molar refractivity (Wildman–Crippen MR) is 64.5 cm³/mol. The minimum Gasteiger partial charge on any atom is -0.478 e. The number of hydrogen-bond donors (Lipinski definition) is 1. The zero-order valence-electron chi connectivity index (χ0n) is 9.91. The number of rotatable bonds is 7. The molecule has 1 saturated carbocycles. The molecule has 0 amide bonds. The van der Waals surface area contributed by atoms with E-state index in [2.05, 4.69) is 17.2 Å². The summed E-state index contributed by atoms with van der Waals surface area (Å²) in [5.41, 5.74) is 1.23. The van der Waals surface area contributed by atoms with Crippen molar-refractivity contribution in [2.45, 2.75) is 32.7 Å². The van der Waals surface area contributed by atoms with E-state index in [1.165, 1.54) is 24.8 Å². The average Bonchev–Trinajstić information content (AvgIpc) is 3.11. The Bertz CT molecular complexity index is 323. The summed E-state index contributed by atoms with van der Waals surface area (Å²) in [6.07, 6.45) is 5.77. The number of nitrogens with one attached hydrogen (secondary N) is 1. The zero-order chi connectivity index (χ0) is 11.2. The van der Waals surface area contributed by atoms with Crippen molar-refractivity contribution in [2.24, 2.45) is 5.92 Å². The quantitative estimate of drug-likeness (QED) is 0.766. The van der Waals surface area contributed by atoms with Crippen LogP contribution in [0.25, 0.3) is 0 Å². The Balaban J connectivity index is 1.77. The van der Waals surface area contributed by atoms with Crippen molar-refractivity contribution >= 4 is 0 Å². The van der Waals surface area contributed by atoms with Gasteiger partial charge in [0.25, 0.3) is 0 Å². The fourth-order valence-electron chi connectivity index (χ4n) is 1.65. The number of aromatic nitrogens is 1. The maximum absolute atomic E-state index is 5.64. The Hall–Kier alpha value is -1.09. The van der Waals surface area contributed by atoms with Gasteiger partial charge >= 0.3 is 0 Å². The molecule has 0 saturated heterocycles. The third-order valence-electron chi connectivity index (χ3n) is 2.85. The monoisotopic (exact) mass is 220 g/mol. The van der Waals surface area contributed by atoms with E-state index in [-0.39, 0.29) is 0 Å². The Kier molecular flexibility index (Phi) is 4.17. The van der Waals surface area contributed by atoms with Crippen LogP contribution in [0.15, 0.2) is 18.3 Å². The van der Waals surface area contributed by atoms with Crippen LogP contribution in [0.4, 0.5) is 0 Å². The standard InChI is InChI=1S/C13H20N2O/c1-2-14-10-12-5-7-15-13(9-12)16-8-6-11-3-4-11/h5,7,9,11,14H,2-4,6,8,10H2,1H3. The highest BCUT2D eigenvalue weighted by Gasteiger charge is 2.20. The Labute approximate surface area is 97.2 Å². The first-order chi connectivity index (χ1) is 7.88. The molecule has 0 aromatic carbocycles. The lowest BCUT2D eigenvalue weighted by molar-refractivity contribution is 0.291. The number of hydrogen-bond acceptors (Lipinski definition) is 3. The lowest BCUT2D eigenvalue weighted by Crippen LogP contribution is -2.12. The molecule has 16 heavy (non-hydrogen) atoms. The molecule has 1 aromatic rings. The first-order valence-corrected chi connectivity index (χ1v) is 6.17. The van der Waals surface area contributed by atoms with Crippen LogP contribution in [0.1, 0.15) is 31.7 Å². The van der Waals surface area contributed by atoms with Gasteiger partial charge in [-0.1, -0.05) is 19.8 Å². The molecule has 0 spiro atoms. The minimum atomic E-state index is 0.760. The third kappa shape index (κ3) is 3.81. The molecular formula is C13H20N2O. The molecule has 3 nitrogen and oxygen atoms in total. The summed E-state index contributed by atoms with van der Waals surface area (Å²) < 4.78 is 5.64. The second kappa shape index (κ2) is 5.85. The SMILES string of the molecule is CCNCc1ccnc(OCCC2CC2)c1. The van der Waals surface area contributed by atoms with Crippen molar-refractivity contribution in [1.29, 1.82) is 0 Å². The van der Waals surface area contributed by atoms with Gasteiger partial charge in [0.2, 0.25) is 5.88 Å². The van der Waals surface area contributed by atoms with Crippen LogP contribution in [0, 0.1) is 5.92 Å². The number of pyridine rings is 1. The molecule has 0 atom stereocenters. The van der Waals surface area contributed by atoms with Crippen LogP contribution in [0.5, 0.6) is 5.88 Å². The highest BCUT2D eigenvalue weighted by atomic mass is 16.5. The molecule has 0 unspecified atom stereocenters. The Morgan fingerprint density at radius 2 is 2.38 bits per heavy atom. The highest BCUT2D eigenvalue weighted by molar-refractivity contribution is 5.20. The summed E-state index contributed by atoms with van der Waals surface area (Å²) in [6.45, 7) is 4.79. The molecule has 0 aliphatic heterocycles. The average molecular weight is 220 g/mol. The highest BCUT2D eigenvalue weighted by Crippen LogP contribution is 2.32. The second-order valence-corrected chi connectivity index (χ2v) is 4.36. The fraction of sp³-hybridized carbons (Fsp3) is 0.615. The van der Waals surface area contributed by atoms with Crippen molar-refractivity contribution in [3.63, 3.8) is 0 Å². The van der Waals surface area contributed by atoms with Crippen molar-refractivity contribution < 1.29 is 4.74 Å². The van der Waals surface area contributed by atoms with Crippen LogP contribution in [-0.2, 0) is 6.54 Å². The van der Waals surface area contributed by atoms with Gasteiger partial charge in [0, 0.05) is 18.8 Å². The van der Waals surface area contributed by atoms with Gasteiger partial charge in [-0.05, 0) is 30.5 Å². The van der Waals surface area contributed by atoms with Crippen molar-refractivity contribution in [2.75, 3.05) is 13.2 Å². The van der Waals surface area contributed by atoms with Gasteiger partial charge in [-0.25, -0.2) is 4.98 Å². The summed E-state index contributed by atoms with van der Waals surface area (Å²) >= 11 is 0. The first-order valence-electron chi connectivity index (χ1n) is 6.17. The van der Waals surface area contributed by atoms with Crippen LogP contribution < -0.4 is 10.1 Å². The van der Waals surface area contributed by atoms with Gasteiger partial charge in [-0.3, -0.25) is 0 Å². The summed E-state index contributed by atoms with van der Waals surface area (Å²) in [5.74, 6) is 1.68. The molecule has 1 fully saturated rings. The molecule has 1 N–H and O–H groups in total. The summed E-state index contributed by atoms with van der Waals surface area (Å²) in [6, 6.07) is 4.05. The summed E-state index contributed by atoms with van der Waals surface area (Å²) in [4.78, 5) is 4.21. The molecule has 0 radical (unpaired) electrons. The molecule has 3 heteroatoms. The topological polar surface area (TPSA) is 34.2 Å². The normalized spacial score (nSPS) is 15.1. The summed E-state index contributed by atoms with van der Waals surface area (Å²) in [5, 5.41) is 3.29. The van der Waals surface area contributed by atoms with E-state index in [1.54, 1.807) is 0 Å². The van der Waals surface area contributed by atoms with Gasteiger partial charge in [0.15, 0.2) is 0 Å². The van der Waals surface area contributed by atoms with E-state index < -0.39 is 0 Å². The van der Waals surface area contributed by atoms with Crippen molar-refractivity contribution in [1.82, 2.24) is 10.3 Å². The molecule has 1 aliphatic carbocycles. The number of ether oxygens (including phenoxy) is 1. The Morgan fingerprint density at radius 3 is 3.12 bits per heavy atom. The number of nitrogens with zero attached hydrogens (tertiary/aromatic N) is 1. The molecule has 1 aromatic heterocycles. The first kappa shape index (κ1) is 11.4. The van der Waals surface area contributed by atoms with E-state index in [0.717, 1.165) is 31.5 Å². The van der Waals surface area contributed by atoms with Gasteiger partial charge in [0.05, 0.1) is 6.61 Å². The largest absolute Gasteiger partial charge is 0.478 e. The van der Waals surface area contributed by atoms with E-state index >= 15 is 0 Å². The molecule has 1 aliphatic rings. The van der Waals surface area contributed by atoms with Crippen LogP contribution in [-0.4, -0.2) is 18.1 Å². The van der Waals surface area contributed by atoms with Gasteiger partial charge in [-0.2, -0.15) is 0 Å². The lowest BCUT2D eigenvalue weighted by Gasteiger charge is -2.06. The van der Waals surface area contributed by atoms with Crippen LogP contribution in [0.2, 0.25) is 0 Å². The summed E-state index contributed by atoms with van der Waals surface area (Å²) in [7, 11) is 0. The fourth-order valence-corrected chi connectivity index (χ4v) is 1.65. The molecule has 88 valence electrons. The van der Waals surface area contributed by atoms with Gasteiger partial charge < -0.3 is 10.1 Å². The zero-order valence-corrected chi connectivity index (χ0v) is 9.91. The smallest absolute Gasteiger partial charge is 0.213 e. The second-order valence-electron chi connectivity index (χ2n) is 4.36. The maximum atomic E-state index is 5.64. The van der Waals surface area contributed by atoms with Crippen molar-refractivity contribution in [3.05, 3.63) is 23.9 Å². The third-order valence-corrected chi connectivity index (χ3v) is 2.85. The molecule has 0 bridgehead atoms. The van der Waals surface area contributed by atoms with E-state index in [1.807, 2.05) is 18.3 Å². The van der Waals surface area contributed by atoms with Crippen LogP contribution >= 0.6 is 0 Å². The van der Waals surface area contributed by atoms with Crippen LogP contribution in [0.3, 0.4) is 0 Å². The predicted octanol–water partition coefficient (Wildman–Crippen LogP) is 2.37. The maximum Gasteiger partial charge on any atom is 0.213 e. The van der Waals surface area contributed by atoms with E-state index in [9.17, 15) is 0 Å². The lowest BCUT2D eigenvalue weighted by atomic mass is 10.2. The van der Waals surface area contributed by atoms with Gasteiger partial charge in [0.1, 0.15) is 0 Å². The minimum absolute atomic E-state index is 0.760. The van der Waals surface area contributed by atoms with Gasteiger partial charge in [-0.15, -0.1) is 0 Å². The Morgan fingerprint density at radius 1 is 1.50 bits per heavy atom. The molecule has 2 rings (SSSR count).